The van der Waals surface area contributed by atoms with Crippen molar-refractivity contribution < 1.29 is 4.74 Å². The van der Waals surface area contributed by atoms with Gasteiger partial charge in [0.1, 0.15) is 5.75 Å². The van der Waals surface area contributed by atoms with Crippen molar-refractivity contribution in [2.24, 2.45) is 0 Å². The second kappa shape index (κ2) is 5.86. The molecule has 1 unspecified atom stereocenters. The third-order valence-corrected chi connectivity index (χ3v) is 5.92. The second-order valence-corrected chi connectivity index (χ2v) is 7.49. The number of hydrogen-bond donors (Lipinski definition) is 0. The lowest BCUT2D eigenvalue weighted by molar-refractivity contribution is 0.408. The predicted octanol–water partition coefficient (Wildman–Crippen LogP) is 5.77. The molecule has 0 saturated heterocycles. The van der Waals surface area contributed by atoms with Crippen molar-refractivity contribution in [2.75, 3.05) is 7.11 Å². The largest absolute Gasteiger partial charge is 0.496 e. The maximum atomic E-state index is 6.61. The minimum absolute atomic E-state index is 0.113. The Morgan fingerprint density at radius 3 is 2.11 bits per heavy atom. The fourth-order valence-corrected chi connectivity index (χ4v) is 4.12. The van der Waals surface area contributed by atoms with Gasteiger partial charge in [-0.2, -0.15) is 0 Å². The molecule has 0 bridgehead atoms. The standard InChI is InChI=1S/C15H16BrClOS/c1-8-5-11(6-9(2)14(8)18-4)13(17)12-7-10(3)15(16)19-12/h5-7,13H,1-4H3. The normalized spacial score (nSPS) is 12.5. The molecule has 0 amide bonds. The topological polar surface area (TPSA) is 9.23 Å². The minimum Gasteiger partial charge on any atom is -0.496 e. The Kier molecular flexibility index (Phi) is 4.59. The molecule has 102 valence electrons. The Balaban J connectivity index is 2.41. The first-order valence-corrected chi connectivity index (χ1v) is 8.03. The molecule has 1 atom stereocenters. The van der Waals surface area contributed by atoms with E-state index in [0.29, 0.717) is 0 Å². The van der Waals surface area contributed by atoms with Crippen molar-refractivity contribution in [3.63, 3.8) is 0 Å². The van der Waals surface area contributed by atoms with Crippen LogP contribution in [0.25, 0.3) is 0 Å². The summed E-state index contributed by atoms with van der Waals surface area (Å²) in [4.78, 5) is 1.16. The van der Waals surface area contributed by atoms with Crippen LogP contribution in [0.1, 0.15) is 32.5 Å². The maximum absolute atomic E-state index is 6.61. The zero-order valence-electron chi connectivity index (χ0n) is 11.4. The van der Waals surface area contributed by atoms with Gasteiger partial charge in [0, 0.05) is 4.88 Å². The van der Waals surface area contributed by atoms with Crippen LogP contribution in [0.2, 0.25) is 0 Å². The summed E-state index contributed by atoms with van der Waals surface area (Å²) < 4.78 is 6.54. The van der Waals surface area contributed by atoms with E-state index in [1.807, 2.05) is 0 Å². The molecule has 0 N–H and O–H groups in total. The Labute approximate surface area is 131 Å². The van der Waals surface area contributed by atoms with Crippen molar-refractivity contribution in [1.82, 2.24) is 0 Å². The molecule has 1 aromatic heterocycles. The number of alkyl halides is 1. The first-order valence-electron chi connectivity index (χ1n) is 5.99. The van der Waals surface area contributed by atoms with Gasteiger partial charge in [-0.15, -0.1) is 22.9 Å². The molecule has 0 radical (unpaired) electrons. The average Bonchev–Trinajstić information content (AvgIpc) is 2.68. The van der Waals surface area contributed by atoms with Crippen LogP contribution in [0, 0.1) is 20.8 Å². The molecule has 2 aromatic rings. The molecule has 0 spiro atoms. The smallest absolute Gasteiger partial charge is 0.124 e. The van der Waals surface area contributed by atoms with Crippen LogP contribution in [0.3, 0.4) is 0 Å². The lowest BCUT2D eigenvalue weighted by Gasteiger charge is -2.14. The van der Waals surface area contributed by atoms with Gasteiger partial charge in [0.15, 0.2) is 0 Å². The number of thiophene rings is 1. The van der Waals surface area contributed by atoms with Gasteiger partial charge in [0.05, 0.1) is 16.3 Å². The van der Waals surface area contributed by atoms with Crippen molar-refractivity contribution in [2.45, 2.75) is 26.1 Å². The molecule has 19 heavy (non-hydrogen) atoms. The molecule has 0 aliphatic heterocycles. The van der Waals surface area contributed by atoms with Gasteiger partial charge < -0.3 is 4.74 Å². The highest BCUT2D eigenvalue weighted by molar-refractivity contribution is 9.11. The molecular formula is C15H16BrClOS. The number of aryl methyl sites for hydroxylation is 3. The number of rotatable bonds is 3. The summed E-state index contributed by atoms with van der Waals surface area (Å²) in [5, 5.41) is -0.113. The summed E-state index contributed by atoms with van der Waals surface area (Å²) in [7, 11) is 1.70. The summed E-state index contributed by atoms with van der Waals surface area (Å²) in [6.07, 6.45) is 0. The molecule has 1 aromatic carbocycles. The van der Waals surface area contributed by atoms with Gasteiger partial charge >= 0.3 is 0 Å². The van der Waals surface area contributed by atoms with E-state index in [-0.39, 0.29) is 5.38 Å². The number of benzene rings is 1. The van der Waals surface area contributed by atoms with E-state index in [9.17, 15) is 0 Å². The molecule has 0 saturated carbocycles. The zero-order valence-corrected chi connectivity index (χ0v) is 14.5. The second-order valence-electron chi connectivity index (χ2n) is 4.66. The lowest BCUT2D eigenvalue weighted by Crippen LogP contribution is -1.96. The third-order valence-electron chi connectivity index (χ3n) is 3.11. The van der Waals surface area contributed by atoms with Gasteiger partial charge in [-0.05, 0) is 65.0 Å². The monoisotopic (exact) mass is 358 g/mol. The van der Waals surface area contributed by atoms with E-state index >= 15 is 0 Å². The highest BCUT2D eigenvalue weighted by Crippen LogP contribution is 2.39. The van der Waals surface area contributed by atoms with Crippen LogP contribution in [0.4, 0.5) is 0 Å². The van der Waals surface area contributed by atoms with E-state index < -0.39 is 0 Å². The van der Waals surface area contributed by atoms with E-state index in [2.05, 4.69) is 54.9 Å². The van der Waals surface area contributed by atoms with Crippen molar-refractivity contribution in [1.29, 1.82) is 0 Å². The van der Waals surface area contributed by atoms with Gasteiger partial charge in [-0.1, -0.05) is 12.1 Å². The molecular weight excluding hydrogens is 344 g/mol. The molecule has 4 heteroatoms. The summed E-state index contributed by atoms with van der Waals surface area (Å²) >= 11 is 11.8. The molecule has 0 fully saturated rings. The Morgan fingerprint density at radius 2 is 1.68 bits per heavy atom. The van der Waals surface area contributed by atoms with Crippen LogP contribution in [0.5, 0.6) is 5.75 Å². The predicted molar refractivity (Wildman–Crippen MR) is 86.9 cm³/mol. The number of ether oxygens (including phenoxy) is 1. The van der Waals surface area contributed by atoms with Crippen molar-refractivity contribution >= 4 is 38.9 Å². The van der Waals surface area contributed by atoms with Gasteiger partial charge in [0.25, 0.3) is 0 Å². The van der Waals surface area contributed by atoms with E-state index in [4.69, 9.17) is 16.3 Å². The Morgan fingerprint density at radius 1 is 1.11 bits per heavy atom. The summed E-state index contributed by atoms with van der Waals surface area (Å²) in [5.41, 5.74) is 4.59. The number of methoxy groups -OCH3 is 1. The van der Waals surface area contributed by atoms with Crippen LogP contribution in [0.15, 0.2) is 22.0 Å². The minimum atomic E-state index is -0.113. The third kappa shape index (κ3) is 2.99. The molecule has 1 nitrogen and oxygen atoms in total. The summed E-state index contributed by atoms with van der Waals surface area (Å²) in [5.74, 6) is 0.941. The summed E-state index contributed by atoms with van der Waals surface area (Å²) in [6, 6.07) is 6.35. The molecule has 0 aliphatic rings. The maximum Gasteiger partial charge on any atom is 0.124 e. The van der Waals surface area contributed by atoms with E-state index in [1.54, 1.807) is 18.4 Å². The van der Waals surface area contributed by atoms with Crippen LogP contribution >= 0.6 is 38.9 Å². The summed E-state index contributed by atoms with van der Waals surface area (Å²) in [6.45, 7) is 6.18. The zero-order chi connectivity index (χ0) is 14.2. The number of halogens is 2. The quantitative estimate of drug-likeness (QED) is 0.632. The van der Waals surface area contributed by atoms with Gasteiger partial charge in [-0.25, -0.2) is 0 Å². The lowest BCUT2D eigenvalue weighted by atomic mass is 10.0. The van der Waals surface area contributed by atoms with Crippen LogP contribution in [-0.2, 0) is 0 Å². The van der Waals surface area contributed by atoms with Crippen molar-refractivity contribution in [3.8, 4) is 5.75 Å². The van der Waals surface area contributed by atoms with Crippen LogP contribution < -0.4 is 4.74 Å². The fourth-order valence-electron chi connectivity index (χ4n) is 2.22. The van der Waals surface area contributed by atoms with Gasteiger partial charge in [-0.3, -0.25) is 0 Å². The van der Waals surface area contributed by atoms with Crippen LogP contribution in [-0.4, -0.2) is 7.11 Å². The molecule has 1 heterocycles. The highest BCUT2D eigenvalue weighted by Gasteiger charge is 2.17. The SMILES string of the molecule is COc1c(C)cc(C(Cl)c2cc(C)c(Br)s2)cc1C. The Hall–Kier alpha value is -0.510. The van der Waals surface area contributed by atoms with E-state index in [1.165, 1.54) is 5.56 Å². The average molecular weight is 360 g/mol. The first kappa shape index (κ1) is 14.9. The van der Waals surface area contributed by atoms with Crippen molar-refractivity contribution in [3.05, 3.63) is 49.1 Å². The fraction of sp³-hybridized carbons (Fsp3) is 0.333. The molecule has 0 aliphatic carbocycles. The van der Waals surface area contributed by atoms with E-state index in [0.717, 1.165) is 31.1 Å². The van der Waals surface area contributed by atoms with Gasteiger partial charge in [0.2, 0.25) is 0 Å². The highest BCUT2D eigenvalue weighted by atomic mass is 79.9. The Bertz CT molecular complexity index is 564. The number of hydrogen-bond acceptors (Lipinski definition) is 2. The molecule has 2 rings (SSSR count). The first-order chi connectivity index (χ1) is 8.93.